The average Bonchev–Trinajstić information content (AvgIpc) is 2.97. The number of carbonyl (C=O) groups is 1. The van der Waals surface area contributed by atoms with Crippen molar-refractivity contribution < 1.29 is 9.53 Å². The summed E-state index contributed by atoms with van der Waals surface area (Å²) in [6.45, 7) is 5.20. The zero-order valence-electron chi connectivity index (χ0n) is 13.6. The molecule has 2 heterocycles. The van der Waals surface area contributed by atoms with Gasteiger partial charge >= 0.3 is 0 Å². The van der Waals surface area contributed by atoms with Crippen molar-refractivity contribution in [2.24, 2.45) is 5.92 Å². The van der Waals surface area contributed by atoms with Gasteiger partial charge in [0.15, 0.2) is 0 Å². The molecule has 0 bridgehead atoms. The van der Waals surface area contributed by atoms with Gasteiger partial charge in [0, 0.05) is 28.6 Å². The first-order valence-electron chi connectivity index (χ1n) is 8.13. The number of nitrogens with zero attached hydrogens (tertiary/aromatic N) is 1. The second kappa shape index (κ2) is 7.13. The van der Waals surface area contributed by atoms with E-state index in [9.17, 15) is 4.79 Å². The molecule has 1 N–H and O–H groups in total. The fourth-order valence-electron chi connectivity index (χ4n) is 2.96. The van der Waals surface area contributed by atoms with Crippen molar-refractivity contribution in [3.05, 3.63) is 45.3 Å². The SMILES string of the molecule is CCOc1ncccc1CNC(=O)c1csc2c1CC[C@@H](C)C2. The Bertz CT molecular complexity index is 696. The van der Waals surface area contributed by atoms with E-state index < -0.39 is 0 Å². The van der Waals surface area contributed by atoms with Crippen molar-refractivity contribution in [1.82, 2.24) is 10.3 Å². The fourth-order valence-corrected chi connectivity index (χ4v) is 4.21. The number of fused-ring (bicyclic) bond motifs is 1. The molecule has 0 saturated carbocycles. The van der Waals surface area contributed by atoms with Crippen LogP contribution in [-0.4, -0.2) is 17.5 Å². The molecule has 0 radical (unpaired) electrons. The molecule has 5 heteroatoms. The second-order valence-corrected chi connectivity index (χ2v) is 6.95. The van der Waals surface area contributed by atoms with Crippen LogP contribution in [-0.2, 0) is 19.4 Å². The standard InChI is InChI=1S/C18H22N2O2S/c1-3-22-18-13(5-4-8-19-18)10-20-17(21)15-11-23-16-9-12(2)6-7-14(15)16/h4-5,8,11-12H,3,6-7,9-10H2,1-2H3,(H,20,21)/t12-/m1/s1. The van der Waals surface area contributed by atoms with Crippen molar-refractivity contribution in [2.45, 2.75) is 39.7 Å². The molecular formula is C18H22N2O2S. The van der Waals surface area contributed by atoms with E-state index in [1.54, 1.807) is 17.5 Å². The van der Waals surface area contributed by atoms with Crippen LogP contribution in [0.1, 0.15) is 46.6 Å². The van der Waals surface area contributed by atoms with Gasteiger partial charge < -0.3 is 10.1 Å². The minimum absolute atomic E-state index is 0.00311. The molecule has 4 nitrogen and oxygen atoms in total. The predicted molar refractivity (Wildman–Crippen MR) is 92.1 cm³/mol. The average molecular weight is 330 g/mol. The molecule has 0 spiro atoms. The van der Waals surface area contributed by atoms with Crippen molar-refractivity contribution in [2.75, 3.05) is 6.61 Å². The summed E-state index contributed by atoms with van der Waals surface area (Å²) in [5.74, 6) is 1.32. The smallest absolute Gasteiger partial charge is 0.252 e. The summed E-state index contributed by atoms with van der Waals surface area (Å²) in [7, 11) is 0. The fraction of sp³-hybridized carbons (Fsp3) is 0.444. The Kier molecular flexibility index (Phi) is 4.96. The molecule has 1 aliphatic carbocycles. The van der Waals surface area contributed by atoms with Crippen LogP contribution in [0.2, 0.25) is 0 Å². The van der Waals surface area contributed by atoms with E-state index in [1.165, 1.54) is 16.9 Å². The molecule has 122 valence electrons. The number of carbonyl (C=O) groups excluding carboxylic acids is 1. The Labute approximate surface area is 140 Å². The van der Waals surface area contributed by atoms with E-state index >= 15 is 0 Å². The van der Waals surface area contributed by atoms with Gasteiger partial charge in [-0.15, -0.1) is 11.3 Å². The van der Waals surface area contributed by atoms with Crippen molar-refractivity contribution in [3.63, 3.8) is 0 Å². The lowest BCUT2D eigenvalue weighted by atomic mass is 9.88. The van der Waals surface area contributed by atoms with Gasteiger partial charge in [0.05, 0.1) is 12.2 Å². The first-order chi connectivity index (χ1) is 11.2. The van der Waals surface area contributed by atoms with Crippen LogP contribution in [0, 0.1) is 5.92 Å². The molecule has 1 aliphatic rings. The summed E-state index contributed by atoms with van der Waals surface area (Å²) in [5, 5.41) is 5.01. The summed E-state index contributed by atoms with van der Waals surface area (Å²) in [4.78, 5) is 18.1. The first-order valence-corrected chi connectivity index (χ1v) is 9.01. The maximum atomic E-state index is 12.5. The van der Waals surface area contributed by atoms with Crippen LogP contribution in [0.15, 0.2) is 23.7 Å². The summed E-state index contributed by atoms with van der Waals surface area (Å²) in [6, 6.07) is 3.79. The minimum Gasteiger partial charge on any atom is -0.478 e. The predicted octanol–water partition coefficient (Wildman–Crippen LogP) is 3.60. The van der Waals surface area contributed by atoms with Crippen LogP contribution in [0.3, 0.4) is 0 Å². The molecule has 1 atom stereocenters. The number of thiophene rings is 1. The van der Waals surface area contributed by atoms with Crippen LogP contribution in [0.4, 0.5) is 0 Å². The lowest BCUT2D eigenvalue weighted by Crippen LogP contribution is -2.24. The van der Waals surface area contributed by atoms with E-state index in [0.717, 1.165) is 29.9 Å². The molecule has 2 aromatic rings. The van der Waals surface area contributed by atoms with E-state index in [0.29, 0.717) is 19.0 Å². The number of amides is 1. The Balaban J connectivity index is 1.69. The summed E-state index contributed by atoms with van der Waals surface area (Å²) < 4.78 is 5.50. The summed E-state index contributed by atoms with van der Waals surface area (Å²) >= 11 is 1.72. The van der Waals surface area contributed by atoms with Crippen LogP contribution in [0.5, 0.6) is 5.88 Å². The molecule has 0 aliphatic heterocycles. The van der Waals surface area contributed by atoms with Gasteiger partial charge in [-0.1, -0.05) is 13.0 Å². The highest BCUT2D eigenvalue weighted by Gasteiger charge is 2.23. The van der Waals surface area contributed by atoms with Gasteiger partial charge in [0.25, 0.3) is 5.91 Å². The highest BCUT2D eigenvalue weighted by atomic mass is 32.1. The Morgan fingerprint density at radius 2 is 2.39 bits per heavy atom. The van der Waals surface area contributed by atoms with Gasteiger partial charge in [0.2, 0.25) is 5.88 Å². The lowest BCUT2D eigenvalue weighted by Gasteiger charge is -2.18. The van der Waals surface area contributed by atoms with Gasteiger partial charge in [-0.2, -0.15) is 0 Å². The maximum absolute atomic E-state index is 12.5. The monoisotopic (exact) mass is 330 g/mol. The van der Waals surface area contributed by atoms with Crippen molar-refractivity contribution in [1.29, 1.82) is 0 Å². The molecule has 1 amide bonds. The van der Waals surface area contributed by atoms with Gasteiger partial charge in [0.1, 0.15) is 0 Å². The number of pyridine rings is 1. The second-order valence-electron chi connectivity index (χ2n) is 5.98. The molecule has 0 unspecified atom stereocenters. The number of nitrogens with one attached hydrogen (secondary N) is 1. The van der Waals surface area contributed by atoms with Crippen LogP contribution >= 0.6 is 11.3 Å². The molecule has 0 fully saturated rings. The number of hydrogen-bond donors (Lipinski definition) is 1. The number of rotatable bonds is 5. The topological polar surface area (TPSA) is 51.2 Å². The highest BCUT2D eigenvalue weighted by Crippen LogP contribution is 2.32. The van der Waals surface area contributed by atoms with E-state index in [1.807, 2.05) is 24.4 Å². The van der Waals surface area contributed by atoms with E-state index in [-0.39, 0.29) is 5.91 Å². The van der Waals surface area contributed by atoms with Crippen LogP contribution < -0.4 is 10.1 Å². The number of ether oxygens (including phenoxy) is 1. The molecule has 2 aromatic heterocycles. The maximum Gasteiger partial charge on any atom is 0.252 e. The Morgan fingerprint density at radius 1 is 1.52 bits per heavy atom. The third kappa shape index (κ3) is 3.55. The van der Waals surface area contributed by atoms with Gasteiger partial charge in [-0.3, -0.25) is 4.79 Å². The highest BCUT2D eigenvalue weighted by molar-refractivity contribution is 7.10. The quantitative estimate of drug-likeness (QED) is 0.911. The van der Waals surface area contributed by atoms with Gasteiger partial charge in [-0.05, 0) is 43.7 Å². The Hall–Kier alpha value is -1.88. The molecular weight excluding hydrogens is 308 g/mol. The third-order valence-corrected chi connectivity index (χ3v) is 5.27. The lowest BCUT2D eigenvalue weighted by molar-refractivity contribution is 0.0949. The normalized spacial score (nSPS) is 16.7. The Morgan fingerprint density at radius 3 is 3.22 bits per heavy atom. The molecule has 0 saturated heterocycles. The van der Waals surface area contributed by atoms with Gasteiger partial charge in [-0.25, -0.2) is 4.98 Å². The summed E-state index contributed by atoms with van der Waals surface area (Å²) in [5.41, 5.74) is 3.00. The zero-order valence-corrected chi connectivity index (χ0v) is 14.4. The number of aromatic nitrogens is 1. The van der Waals surface area contributed by atoms with E-state index in [2.05, 4.69) is 17.2 Å². The zero-order chi connectivity index (χ0) is 16.2. The first kappa shape index (κ1) is 16.0. The largest absolute Gasteiger partial charge is 0.478 e. The molecule has 0 aromatic carbocycles. The molecule has 3 rings (SSSR count). The van der Waals surface area contributed by atoms with E-state index in [4.69, 9.17) is 4.74 Å². The van der Waals surface area contributed by atoms with Crippen molar-refractivity contribution in [3.8, 4) is 5.88 Å². The summed E-state index contributed by atoms with van der Waals surface area (Å²) in [6.07, 6.45) is 4.98. The minimum atomic E-state index is 0.00311. The van der Waals surface area contributed by atoms with Crippen molar-refractivity contribution >= 4 is 17.2 Å². The van der Waals surface area contributed by atoms with Crippen LogP contribution in [0.25, 0.3) is 0 Å². The molecule has 23 heavy (non-hydrogen) atoms. The third-order valence-electron chi connectivity index (χ3n) is 4.22. The number of hydrogen-bond acceptors (Lipinski definition) is 4.